The molecule has 0 spiro atoms. The molecule has 2 rings (SSSR count). The summed E-state index contributed by atoms with van der Waals surface area (Å²) in [6.45, 7) is 1.58. The molecule has 0 unspecified atom stereocenters. The Hall–Kier alpha value is -3.13. The summed E-state index contributed by atoms with van der Waals surface area (Å²) in [5.74, 6) is -0.843. The van der Waals surface area contributed by atoms with Crippen molar-refractivity contribution in [3.05, 3.63) is 75.6 Å². The van der Waals surface area contributed by atoms with Gasteiger partial charge < -0.3 is 5.32 Å². The first kappa shape index (κ1) is 18.2. The SMILES string of the molecule is Cc1c(NC(=S)NC(=O)/C=C/c2ccc(F)cc2)cccc1[N+](=O)[O-]. The van der Waals surface area contributed by atoms with Crippen molar-refractivity contribution in [1.82, 2.24) is 5.32 Å². The van der Waals surface area contributed by atoms with Gasteiger partial charge in [0.05, 0.1) is 16.2 Å². The third-order valence-electron chi connectivity index (χ3n) is 3.28. The molecule has 128 valence electrons. The molecule has 0 atom stereocenters. The van der Waals surface area contributed by atoms with E-state index >= 15 is 0 Å². The zero-order valence-corrected chi connectivity index (χ0v) is 14.0. The maximum absolute atomic E-state index is 12.8. The van der Waals surface area contributed by atoms with Crippen molar-refractivity contribution in [2.45, 2.75) is 6.92 Å². The fraction of sp³-hybridized carbons (Fsp3) is 0.0588. The summed E-state index contributed by atoms with van der Waals surface area (Å²) < 4.78 is 12.8. The Morgan fingerprint density at radius 1 is 1.24 bits per heavy atom. The Balaban J connectivity index is 1.98. The molecule has 0 aliphatic rings. The molecule has 0 aromatic heterocycles. The minimum absolute atomic E-state index is 0.0114. The van der Waals surface area contributed by atoms with Crippen molar-refractivity contribution in [1.29, 1.82) is 0 Å². The fourth-order valence-electron chi connectivity index (χ4n) is 2.01. The monoisotopic (exact) mass is 359 g/mol. The second kappa shape index (κ2) is 8.11. The molecule has 2 aromatic rings. The van der Waals surface area contributed by atoms with Crippen LogP contribution in [0.4, 0.5) is 15.8 Å². The second-order valence-electron chi connectivity index (χ2n) is 5.04. The van der Waals surface area contributed by atoms with E-state index in [1.807, 2.05) is 0 Å². The highest BCUT2D eigenvalue weighted by Gasteiger charge is 2.14. The lowest BCUT2D eigenvalue weighted by Gasteiger charge is -2.10. The van der Waals surface area contributed by atoms with Gasteiger partial charge in [0.15, 0.2) is 5.11 Å². The summed E-state index contributed by atoms with van der Waals surface area (Å²) in [5, 5.41) is 16.1. The van der Waals surface area contributed by atoms with Crippen molar-refractivity contribution in [3.63, 3.8) is 0 Å². The average Bonchev–Trinajstić information content (AvgIpc) is 2.56. The number of hydrogen-bond donors (Lipinski definition) is 2. The molecule has 0 saturated heterocycles. The van der Waals surface area contributed by atoms with Crippen LogP contribution in [0, 0.1) is 22.9 Å². The van der Waals surface area contributed by atoms with Crippen LogP contribution >= 0.6 is 12.2 Å². The van der Waals surface area contributed by atoms with E-state index < -0.39 is 10.8 Å². The minimum atomic E-state index is -0.492. The van der Waals surface area contributed by atoms with Gasteiger partial charge in [0.1, 0.15) is 5.82 Å². The van der Waals surface area contributed by atoms with Crippen LogP contribution in [0.15, 0.2) is 48.5 Å². The van der Waals surface area contributed by atoms with Gasteiger partial charge in [-0.05, 0) is 49.0 Å². The van der Waals surface area contributed by atoms with Gasteiger partial charge in [0, 0.05) is 12.1 Å². The first-order valence-electron chi connectivity index (χ1n) is 7.16. The van der Waals surface area contributed by atoms with Crippen LogP contribution in [-0.4, -0.2) is 15.9 Å². The lowest BCUT2D eigenvalue weighted by Crippen LogP contribution is -2.33. The Bertz CT molecular complexity index is 851. The molecule has 0 aliphatic carbocycles. The van der Waals surface area contributed by atoms with Crippen molar-refractivity contribution >= 4 is 40.7 Å². The van der Waals surface area contributed by atoms with Gasteiger partial charge in [0.25, 0.3) is 5.69 Å². The molecule has 0 radical (unpaired) electrons. The molecular weight excluding hydrogens is 345 g/mol. The van der Waals surface area contributed by atoms with Crippen molar-refractivity contribution < 1.29 is 14.1 Å². The number of amides is 1. The second-order valence-corrected chi connectivity index (χ2v) is 5.44. The third-order valence-corrected chi connectivity index (χ3v) is 3.49. The first-order chi connectivity index (χ1) is 11.9. The quantitative estimate of drug-likeness (QED) is 0.377. The maximum atomic E-state index is 12.8. The Morgan fingerprint density at radius 2 is 1.92 bits per heavy atom. The number of benzene rings is 2. The summed E-state index contributed by atoms with van der Waals surface area (Å²) in [6.07, 6.45) is 2.76. The molecule has 1 amide bonds. The smallest absolute Gasteiger partial charge is 0.274 e. The molecule has 0 bridgehead atoms. The van der Waals surface area contributed by atoms with E-state index in [2.05, 4.69) is 10.6 Å². The molecule has 0 saturated carbocycles. The number of halogens is 1. The number of rotatable bonds is 4. The van der Waals surface area contributed by atoms with Gasteiger partial charge in [-0.1, -0.05) is 18.2 Å². The van der Waals surface area contributed by atoms with Gasteiger partial charge in [0.2, 0.25) is 5.91 Å². The van der Waals surface area contributed by atoms with Gasteiger partial charge in [-0.2, -0.15) is 0 Å². The van der Waals surface area contributed by atoms with Gasteiger partial charge in [-0.25, -0.2) is 4.39 Å². The number of thiocarbonyl (C=S) groups is 1. The highest BCUT2D eigenvalue weighted by molar-refractivity contribution is 7.80. The van der Waals surface area contributed by atoms with Crippen LogP contribution in [0.1, 0.15) is 11.1 Å². The van der Waals surface area contributed by atoms with Crippen LogP contribution in [0.25, 0.3) is 6.08 Å². The Labute approximate surface area is 148 Å². The number of nitro benzene ring substituents is 1. The Kier molecular flexibility index (Phi) is 5.91. The molecule has 25 heavy (non-hydrogen) atoms. The minimum Gasteiger partial charge on any atom is -0.332 e. The summed E-state index contributed by atoms with van der Waals surface area (Å²) in [4.78, 5) is 22.3. The van der Waals surface area contributed by atoms with E-state index in [1.54, 1.807) is 13.0 Å². The summed E-state index contributed by atoms with van der Waals surface area (Å²) in [6, 6.07) is 10.2. The highest BCUT2D eigenvalue weighted by atomic mass is 32.1. The molecule has 6 nitrogen and oxygen atoms in total. The largest absolute Gasteiger partial charge is 0.332 e. The number of nitro groups is 1. The van der Waals surface area contributed by atoms with E-state index in [-0.39, 0.29) is 16.6 Å². The van der Waals surface area contributed by atoms with Gasteiger partial charge in [-0.3, -0.25) is 20.2 Å². The normalized spacial score (nSPS) is 10.5. The summed E-state index contributed by atoms with van der Waals surface area (Å²) >= 11 is 5.03. The van der Waals surface area contributed by atoms with E-state index in [1.165, 1.54) is 48.6 Å². The van der Waals surface area contributed by atoms with Crippen molar-refractivity contribution in [2.24, 2.45) is 0 Å². The van der Waals surface area contributed by atoms with Gasteiger partial charge in [-0.15, -0.1) is 0 Å². The standard InChI is InChI=1S/C17H14FN3O3S/c1-11-14(3-2-4-15(11)21(23)24)19-17(25)20-16(22)10-7-12-5-8-13(18)9-6-12/h2-10H,1H3,(H2,19,20,22,25)/b10-7+. The van der Waals surface area contributed by atoms with E-state index in [0.717, 1.165) is 0 Å². The topological polar surface area (TPSA) is 84.3 Å². The molecule has 2 aromatic carbocycles. The average molecular weight is 359 g/mol. The van der Waals surface area contributed by atoms with Crippen LogP contribution in [0.5, 0.6) is 0 Å². The third kappa shape index (κ3) is 5.18. The lowest BCUT2D eigenvalue weighted by atomic mass is 10.1. The number of carbonyl (C=O) groups excluding carboxylic acids is 1. The summed E-state index contributed by atoms with van der Waals surface area (Å²) in [7, 11) is 0. The number of carbonyl (C=O) groups is 1. The number of hydrogen-bond acceptors (Lipinski definition) is 4. The predicted octanol–water partition coefficient (Wildman–Crippen LogP) is 3.57. The number of anilines is 1. The zero-order chi connectivity index (χ0) is 18.4. The maximum Gasteiger partial charge on any atom is 0.274 e. The van der Waals surface area contributed by atoms with Crippen LogP contribution < -0.4 is 10.6 Å². The molecular formula is C17H14FN3O3S. The Morgan fingerprint density at radius 3 is 2.56 bits per heavy atom. The number of nitrogens with zero attached hydrogens (tertiary/aromatic N) is 1. The predicted molar refractivity (Wildman–Crippen MR) is 97.6 cm³/mol. The molecule has 0 heterocycles. The van der Waals surface area contributed by atoms with Crippen molar-refractivity contribution in [2.75, 3.05) is 5.32 Å². The van der Waals surface area contributed by atoms with Crippen LogP contribution in [0.2, 0.25) is 0 Å². The summed E-state index contributed by atoms with van der Waals surface area (Å²) in [5.41, 5.74) is 1.45. The number of nitrogens with one attached hydrogen (secondary N) is 2. The molecule has 8 heteroatoms. The highest BCUT2D eigenvalue weighted by Crippen LogP contribution is 2.24. The van der Waals surface area contributed by atoms with Crippen molar-refractivity contribution in [3.8, 4) is 0 Å². The fourth-order valence-corrected chi connectivity index (χ4v) is 2.22. The van der Waals surface area contributed by atoms with Gasteiger partial charge >= 0.3 is 0 Å². The molecule has 2 N–H and O–H groups in total. The zero-order valence-electron chi connectivity index (χ0n) is 13.2. The van der Waals surface area contributed by atoms with E-state index in [9.17, 15) is 19.3 Å². The first-order valence-corrected chi connectivity index (χ1v) is 7.57. The van der Waals surface area contributed by atoms with E-state index in [0.29, 0.717) is 16.8 Å². The van der Waals surface area contributed by atoms with Crippen LogP contribution in [0.3, 0.4) is 0 Å². The van der Waals surface area contributed by atoms with Crippen LogP contribution in [-0.2, 0) is 4.79 Å². The molecule has 0 aliphatic heterocycles. The van der Waals surface area contributed by atoms with E-state index in [4.69, 9.17) is 12.2 Å². The molecule has 0 fully saturated rings. The lowest BCUT2D eigenvalue weighted by molar-refractivity contribution is -0.385.